The molecule has 39 heavy (non-hydrogen) atoms. The molecule has 1 N–H and O–H groups in total. The van der Waals surface area contributed by atoms with Crippen LogP contribution in [0.4, 0.5) is 11.5 Å². The summed E-state index contributed by atoms with van der Waals surface area (Å²) in [5.74, 6) is 0.204. The van der Waals surface area contributed by atoms with Crippen LogP contribution in [0.3, 0.4) is 0 Å². The summed E-state index contributed by atoms with van der Waals surface area (Å²) in [6, 6.07) is 9.44. The Morgan fingerprint density at radius 3 is 2.74 bits per heavy atom. The van der Waals surface area contributed by atoms with E-state index in [1.54, 1.807) is 18.3 Å². The molecule has 0 saturated carbocycles. The third kappa shape index (κ3) is 7.17. The van der Waals surface area contributed by atoms with E-state index in [4.69, 9.17) is 5.26 Å². The fourth-order valence-corrected chi connectivity index (χ4v) is 4.71. The SMILES string of the molecule is C[N+](C)(C/C=C/C(=O)Cc1cc2c(Nc3ccc(Br)c(Br)c3)ncnc2cn1)CC1=C([N+](=O)[O-])N=C(C#N)C1. The first-order valence-corrected chi connectivity index (χ1v) is 13.3. The molecule has 0 aliphatic carbocycles. The largest absolute Gasteiger partial charge is 0.369 e. The van der Waals surface area contributed by atoms with E-state index in [1.165, 1.54) is 12.4 Å². The number of rotatable bonds is 10. The van der Waals surface area contributed by atoms with Gasteiger partial charge in [-0.1, -0.05) is 0 Å². The summed E-state index contributed by atoms with van der Waals surface area (Å²) in [5.41, 5.74) is 2.70. The number of fused-ring (bicyclic) bond motifs is 1. The Bertz CT molecular complexity index is 1610. The molecular weight excluding hydrogens is 632 g/mol. The van der Waals surface area contributed by atoms with Gasteiger partial charge in [0.1, 0.15) is 24.8 Å². The highest BCUT2D eigenvalue weighted by Crippen LogP contribution is 2.29. The lowest BCUT2D eigenvalue weighted by Gasteiger charge is -2.28. The minimum absolute atomic E-state index is 0.0913. The second-order valence-electron chi connectivity index (χ2n) is 9.52. The van der Waals surface area contributed by atoms with Gasteiger partial charge in [0.25, 0.3) is 0 Å². The van der Waals surface area contributed by atoms with Gasteiger partial charge in [0.05, 0.1) is 50.8 Å². The molecule has 0 unspecified atom stereocenters. The van der Waals surface area contributed by atoms with Gasteiger partial charge in [0.2, 0.25) is 5.71 Å². The number of hydrogen-bond donors (Lipinski definition) is 1. The lowest BCUT2D eigenvalue weighted by atomic mass is 10.1. The number of carbonyl (C=O) groups excluding carboxylic acids is 1. The number of benzene rings is 1. The summed E-state index contributed by atoms with van der Waals surface area (Å²) < 4.78 is 2.18. The summed E-state index contributed by atoms with van der Waals surface area (Å²) in [6.45, 7) is 0.790. The number of carbonyl (C=O) groups is 1. The van der Waals surface area contributed by atoms with E-state index in [2.05, 4.69) is 57.1 Å². The van der Waals surface area contributed by atoms with Gasteiger partial charge in [-0.05, 0) is 78.2 Å². The molecule has 0 spiro atoms. The molecule has 198 valence electrons. The molecule has 3 aromatic rings. The molecule has 1 aliphatic heterocycles. The number of aromatic nitrogens is 3. The highest BCUT2D eigenvalue weighted by molar-refractivity contribution is 9.13. The molecule has 1 aromatic carbocycles. The van der Waals surface area contributed by atoms with Crippen LogP contribution in [0.5, 0.6) is 0 Å². The minimum atomic E-state index is -0.556. The van der Waals surface area contributed by atoms with Crippen molar-refractivity contribution in [1.82, 2.24) is 15.0 Å². The van der Waals surface area contributed by atoms with Crippen molar-refractivity contribution in [3.05, 3.63) is 85.1 Å². The number of halogens is 2. The number of quaternary nitrogens is 1. The van der Waals surface area contributed by atoms with Gasteiger partial charge in [0.15, 0.2) is 5.78 Å². The third-order valence-corrected chi connectivity index (χ3v) is 7.76. The van der Waals surface area contributed by atoms with Crippen LogP contribution in [-0.2, 0) is 11.2 Å². The number of nitriles is 1. The number of nitrogens with zero attached hydrogens (tertiary/aromatic N) is 7. The quantitative estimate of drug-likeness (QED) is 0.141. The fourth-order valence-electron chi connectivity index (χ4n) is 4.09. The molecule has 4 rings (SSSR count). The van der Waals surface area contributed by atoms with E-state index in [0.29, 0.717) is 40.2 Å². The van der Waals surface area contributed by atoms with E-state index in [-0.39, 0.29) is 30.2 Å². The van der Waals surface area contributed by atoms with Crippen molar-refractivity contribution < 1.29 is 14.2 Å². The van der Waals surface area contributed by atoms with Crippen molar-refractivity contribution in [3.8, 4) is 6.07 Å². The topological polar surface area (TPSA) is 147 Å². The monoisotopic (exact) mass is 653 g/mol. The van der Waals surface area contributed by atoms with Crippen LogP contribution in [0.15, 0.2) is 74.3 Å². The lowest BCUT2D eigenvalue weighted by molar-refractivity contribution is -0.880. The lowest BCUT2D eigenvalue weighted by Crippen LogP contribution is -2.41. The number of likely N-dealkylation sites (N-methyl/N-ethyl adjacent to an activating group) is 1. The normalized spacial score (nSPS) is 13.6. The first-order chi connectivity index (χ1) is 18.5. The predicted molar refractivity (Wildman–Crippen MR) is 154 cm³/mol. The van der Waals surface area contributed by atoms with Crippen LogP contribution in [0.25, 0.3) is 10.9 Å². The second-order valence-corrected chi connectivity index (χ2v) is 11.2. The zero-order valence-corrected chi connectivity index (χ0v) is 24.2. The zero-order chi connectivity index (χ0) is 28.2. The van der Waals surface area contributed by atoms with E-state index in [9.17, 15) is 14.9 Å². The van der Waals surface area contributed by atoms with Crippen LogP contribution in [-0.4, -0.2) is 63.0 Å². The zero-order valence-electron chi connectivity index (χ0n) is 21.1. The van der Waals surface area contributed by atoms with Gasteiger partial charge in [-0.3, -0.25) is 9.78 Å². The van der Waals surface area contributed by atoms with Crippen LogP contribution >= 0.6 is 31.9 Å². The van der Waals surface area contributed by atoms with Crippen molar-refractivity contribution in [1.29, 1.82) is 5.26 Å². The molecular formula is C26H23Br2N8O3+. The van der Waals surface area contributed by atoms with Crippen molar-refractivity contribution in [2.24, 2.45) is 4.99 Å². The number of nitro groups is 1. The third-order valence-electron chi connectivity index (χ3n) is 5.88. The van der Waals surface area contributed by atoms with Crippen molar-refractivity contribution >= 4 is 65.8 Å². The number of aliphatic imine (C=N–C) groups is 1. The maximum Gasteiger partial charge on any atom is 0.369 e. The molecule has 0 amide bonds. The predicted octanol–water partition coefficient (Wildman–Crippen LogP) is 4.89. The summed E-state index contributed by atoms with van der Waals surface area (Å²) >= 11 is 6.95. The van der Waals surface area contributed by atoms with Crippen molar-refractivity contribution in [2.45, 2.75) is 12.8 Å². The Hall–Kier alpha value is -3.86. The van der Waals surface area contributed by atoms with Gasteiger partial charge in [-0.2, -0.15) is 5.26 Å². The molecule has 0 fully saturated rings. The van der Waals surface area contributed by atoms with Gasteiger partial charge >= 0.3 is 5.82 Å². The maximum absolute atomic E-state index is 12.7. The minimum Gasteiger partial charge on any atom is -0.358 e. The van der Waals surface area contributed by atoms with E-state index in [1.807, 2.05) is 38.4 Å². The Morgan fingerprint density at radius 1 is 1.23 bits per heavy atom. The number of ketones is 1. The highest BCUT2D eigenvalue weighted by atomic mass is 79.9. The molecule has 3 heterocycles. The van der Waals surface area contributed by atoms with E-state index < -0.39 is 4.92 Å². The molecule has 2 aromatic heterocycles. The van der Waals surface area contributed by atoms with Crippen LogP contribution < -0.4 is 5.32 Å². The standard InChI is InChI=1S/C26H23Br2N8O3/c1-36(2,14-16-8-19(12-29)34-26(16)35(38)39)7-3-4-20(37)9-18-10-21-24(13-30-18)31-15-32-25(21)33-17-5-6-22(27)23(28)11-17/h3-6,10-11,13,15H,7-9,14H2,1-2H3,(H,31,32,33)/q+1/b4-3+. The maximum atomic E-state index is 12.7. The molecule has 13 heteroatoms. The summed E-state index contributed by atoms with van der Waals surface area (Å²) in [5, 5.41) is 24.4. The summed E-state index contributed by atoms with van der Waals surface area (Å²) in [7, 11) is 3.79. The molecule has 0 saturated heterocycles. The number of allylic oxidation sites excluding steroid dienone is 1. The Balaban J connectivity index is 1.42. The van der Waals surface area contributed by atoms with Gasteiger partial charge < -0.3 is 19.9 Å². The second kappa shape index (κ2) is 11.9. The van der Waals surface area contributed by atoms with E-state index in [0.717, 1.165) is 20.0 Å². The number of pyridine rings is 1. The Morgan fingerprint density at radius 2 is 2.03 bits per heavy atom. The van der Waals surface area contributed by atoms with E-state index >= 15 is 0 Å². The molecule has 1 aliphatic rings. The average Bonchev–Trinajstić information content (AvgIpc) is 3.29. The smallest absolute Gasteiger partial charge is 0.358 e. The van der Waals surface area contributed by atoms with Gasteiger partial charge in [-0.15, -0.1) is 0 Å². The van der Waals surface area contributed by atoms with Crippen molar-refractivity contribution in [3.63, 3.8) is 0 Å². The number of anilines is 2. The Labute approximate surface area is 241 Å². The molecule has 0 atom stereocenters. The molecule has 0 bridgehead atoms. The molecule has 0 radical (unpaired) electrons. The summed E-state index contributed by atoms with van der Waals surface area (Å²) in [4.78, 5) is 40.3. The van der Waals surface area contributed by atoms with Crippen molar-refractivity contribution in [2.75, 3.05) is 32.5 Å². The fraction of sp³-hybridized carbons (Fsp3) is 0.231. The number of hydrogen-bond acceptors (Lipinski definition) is 9. The molecule has 11 nitrogen and oxygen atoms in total. The first-order valence-electron chi connectivity index (χ1n) is 11.7. The number of nitrogens with one attached hydrogen (secondary N) is 1. The van der Waals surface area contributed by atoms with Crippen LogP contribution in [0, 0.1) is 21.4 Å². The van der Waals surface area contributed by atoms with Gasteiger partial charge in [0, 0.05) is 25.7 Å². The van der Waals surface area contributed by atoms with Crippen LogP contribution in [0.1, 0.15) is 12.1 Å². The van der Waals surface area contributed by atoms with Crippen LogP contribution in [0.2, 0.25) is 0 Å². The summed E-state index contributed by atoms with van der Waals surface area (Å²) in [6.07, 6.45) is 6.58. The average molecular weight is 655 g/mol. The Kier molecular flexibility index (Phi) is 8.59. The first kappa shape index (κ1) is 28.2. The van der Waals surface area contributed by atoms with Gasteiger partial charge in [-0.25, -0.2) is 9.97 Å². The highest BCUT2D eigenvalue weighted by Gasteiger charge is 2.33.